The van der Waals surface area contributed by atoms with Crippen molar-refractivity contribution in [3.63, 3.8) is 0 Å². The fourth-order valence-electron chi connectivity index (χ4n) is 3.86. The average Bonchev–Trinajstić information content (AvgIpc) is 2.68. The molecule has 0 aliphatic heterocycles. The summed E-state index contributed by atoms with van der Waals surface area (Å²) in [6.07, 6.45) is 15.4. The molecule has 0 saturated heterocycles. The van der Waals surface area contributed by atoms with Crippen molar-refractivity contribution in [1.82, 2.24) is 0 Å². The molecule has 3 heteroatoms. The molecule has 1 aromatic rings. The van der Waals surface area contributed by atoms with E-state index in [4.69, 9.17) is 5.73 Å². The Balaban J connectivity index is 2.13. The highest BCUT2D eigenvalue weighted by atomic mass is 15.3. The SMILES string of the molecule is CCCCCCCCCCCC[N+](C)(CCCNc1ccc(N)cc1)C(C)C. The number of quaternary nitrogens is 1. The molecule has 28 heavy (non-hydrogen) atoms. The maximum absolute atomic E-state index is 5.75. The fraction of sp³-hybridized carbons (Fsp3) is 0.760. The van der Waals surface area contributed by atoms with Gasteiger partial charge in [-0.25, -0.2) is 0 Å². The van der Waals surface area contributed by atoms with Gasteiger partial charge in [-0.2, -0.15) is 0 Å². The molecule has 1 rings (SSSR count). The number of anilines is 2. The monoisotopic (exact) mass is 390 g/mol. The van der Waals surface area contributed by atoms with E-state index in [1.807, 2.05) is 12.1 Å². The molecule has 0 aliphatic rings. The zero-order chi connectivity index (χ0) is 20.7. The van der Waals surface area contributed by atoms with E-state index in [0.717, 1.165) is 12.2 Å². The molecule has 1 atom stereocenters. The van der Waals surface area contributed by atoms with E-state index >= 15 is 0 Å². The third-order valence-electron chi connectivity index (χ3n) is 6.35. The van der Waals surface area contributed by atoms with E-state index in [-0.39, 0.29) is 0 Å². The van der Waals surface area contributed by atoms with Gasteiger partial charge in [-0.3, -0.25) is 0 Å². The fourth-order valence-corrected chi connectivity index (χ4v) is 3.86. The largest absolute Gasteiger partial charge is 0.399 e. The van der Waals surface area contributed by atoms with Gasteiger partial charge in [0.25, 0.3) is 0 Å². The Bertz CT molecular complexity index is 483. The van der Waals surface area contributed by atoms with Crippen LogP contribution in [-0.4, -0.2) is 37.2 Å². The molecule has 1 unspecified atom stereocenters. The lowest BCUT2D eigenvalue weighted by Gasteiger charge is -2.39. The van der Waals surface area contributed by atoms with Crippen LogP contribution in [0.1, 0.15) is 91.4 Å². The predicted octanol–water partition coefficient (Wildman–Crippen LogP) is 6.85. The van der Waals surface area contributed by atoms with E-state index in [1.54, 1.807) is 0 Å². The maximum atomic E-state index is 5.75. The van der Waals surface area contributed by atoms with Gasteiger partial charge in [0.05, 0.1) is 26.2 Å². The van der Waals surface area contributed by atoms with Crippen LogP contribution in [0.15, 0.2) is 24.3 Å². The van der Waals surface area contributed by atoms with Crippen LogP contribution >= 0.6 is 0 Å². The molecule has 1 aromatic carbocycles. The number of unbranched alkanes of at least 4 members (excludes halogenated alkanes) is 9. The average molecular weight is 391 g/mol. The summed E-state index contributed by atoms with van der Waals surface area (Å²) < 4.78 is 1.19. The second kappa shape index (κ2) is 14.7. The molecule has 0 radical (unpaired) electrons. The Hall–Kier alpha value is -1.22. The van der Waals surface area contributed by atoms with E-state index in [0.29, 0.717) is 6.04 Å². The smallest absolute Gasteiger partial charge is 0.0831 e. The summed E-state index contributed by atoms with van der Waals surface area (Å²) >= 11 is 0. The molecule has 0 aromatic heterocycles. The van der Waals surface area contributed by atoms with Gasteiger partial charge in [0.15, 0.2) is 0 Å². The van der Waals surface area contributed by atoms with Crippen molar-refractivity contribution in [3.8, 4) is 0 Å². The Morgan fingerprint density at radius 2 is 1.29 bits per heavy atom. The van der Waals surface area contributed by atoms with Crippen LogP contribution in [-0.2, 0) is 0 Å². The molecular weight excluding hydrogens is 342 g/mol. The predicted molar refractivity (Wildman–Crippen MR) is 127 cm³/mol. The van der Waals surface area contributed by atoms with Crippen LogP contribution in [0.3, 0.4) is 0 Å². The number of nitrogens with two attached hydrogens (primary N) is 1. The number of nitrogens with one attached hydrogen (secondary N) is 1. The summed E-state index contributed by atoms with van der Waals surface area (Å²) in [5.41, 5.74) is 7.75. The number of benzene rings is 1. The molecular formula is C25H48N3+. The highest BCUT2D eigenvalue weighted by Crippen LogP contribution is 2.16. The van der Waals surface area contributed by atoms with Crippen molar-refractivity contribution in [2.75, 3.05) is 37.7 Å². The van der Waals surface area contributed by atoms with Crippen LogP contribution in [0.2, 0.25) is 0 Å². The first-order chi connectivity index (χ1) is 13.5. The first-order valence-electron chi connectivity index (χ1n) is 11.9. The van der Waals surface area contributed by atoms with E-state index in [9.17, 15) is 0 Å². The highest BCUT2D eigenvalue weighted by Gasteiger charge is 2.24. The van der Waals surface area contributed by atoms with Crippen LogP contribution in [0.5, 0.6) is 0 Å². The second-order valence-corrected chi connectivity index (χ2v) is 9.10. The van der Waals surface area contributed by atoms with E-state index in [1.165, 1.54) is 93.9 Å². The van der Waals surface area contributed by atoms with Crippen molar-refractivity contribution < 1.29 is 4.48 Å². The third-order valence-corrected chi connectivity index (χ3v) is 6.35. The van der Waals surface area contributed by atoms with Crippen molar-refractivity contribution in [1.29, 1.82) is 0 Å². The molecule has 0 amide bonds. The zero-order valence-corrected chi connectivity index (χ0v) is 19.3. The van der Waals surface area contributed by atoms with E-state index in [2.05, 4.69) is 45.3 Å². The first kappa shape index (κ1) is 24.8. The molecule has 3 nitrogen and oxygen atoms in total. The molecule has 0 heterocycles. The van der Waals surface area contributed by atoms with Crippen molar-refractivity contribution in [3.05, 3.63) is 24.3 Å². The van der Waals surface area contributed by atoms with Crippen molar-refractivity contribution in [2.24, 2.45) is 0 Å². The summed E-state index contributed by atoms with van der Waals surface area (Å²) in [6, 6.07) is 8.74. The Morgan fingerprint density at radius 3 is 1.82 bits per heavy atom. The van der Waals surface area contributed by atoms with Gasteiger partial charge in [-0.1, -0.05) is 58.3 Å². The summed E-state index contributed by atoms with van der Waals surface area (Å²) in [7, 11) is 2.45. The number of hydrogen-bond acceptors (Lipinski definition) is 2. The maximum Gasteiger partial charge on any atom is 0.0831 e. The van der Waals surface area contributed by atoms with Crippen LogP contribution in [0.25, 0.3) is 0 Å². The third kappa shape index (κ3) is 10.9. The number of hydrogen-bond donors (Lipinski definition) is 2. The van der Waals surface area contributed by atoms with Gasteiger partial charge in [0, 0.05) is 24.3 Å². The zero-order valence-electron chi connectivity index (χ0n) is 19.3. The molecule has 0 bridgehead atoms. The highest BCUT2D eigenvalue weighted by molar-refractivity contribution is 5.51. The van der Waals surface area contributed by atoms with Gasteiger partial charge in [-0.05, 0) is 51.0 Å². The standard InChI is InChI=1S/C25H48N3/c1-5-6-7-8-9-10-11-12-13-14-21-28(4,23(2)3)22-15-20-27-25-18-16-24(26)17-19-25/h16-19,23,27H,5-15,20-22,26H2,1-4H3/q+1. The molecule has 3 N–H and O–H groups in total. The van der Waals surface area contributed by atoms with Gasteiger partial charge < -0.3 is 15.5 Å². The lowest BCUT2D eigenvalue weighted by molar-refractivity contribution is -0.930. The minimum atomic E-state index is 0.690. The normalized spacial score (nSPS) is 13.6. The first-order valence-corrected chi connectivity index (χ1v) is 11.9. The van der Waals surface area contributed by atoms with Crippen LogP contribution in [0.4, 0.5) is 11.4 Å². The van der Waals surface area contributed by atoms with Crippen LogP contribution in [0, 0.1) is 0 Å². The second-order valence-electron chi connectivity index (χ2n) is 9.10. The molecule has 0 aliphatic carbocycles. The molecule has 0 spiro atoms. The Labute approximate surface area is 175 Å². The molecule has 0 saturated carbocycles. The summed E-state index contributed by atoms with van der Waals surface area (Å²) in [5, 5.41) is 3.53. The minimum Gasteiger partial charge on any atom is -0.399 e. The number of nitrogens with zero attached hydrogens (tertiary/aromatic N) is 1. The van der Waals surface area contributed by atoms with Gasteiger partial charge in [0.2, 0.25) is 0 Å². The van der Waals surface area contributed by atoms with Crippen LogP contribution < -0.4 is 11.1 Å². The van der Waals surface area contributed by atoms with Crippen molar-refractivity contribution >= 4 is 11.4 Å². The quantitative estimate of drug-likeness (QED) is 0.173. The van der Waals surface area contributed by atoms with E-state index < -0.39 is 0 Å². The topological polar surface area (TPSA) is 38.0 Å². The number of nitrogen functional groups attached to an aromatic ring is 1. The summed E-state index contributed by atoms with van der Waals surface area (Å²) in [5.74, 6) is 0. The van der Waals surface area contributed by atoms with Gasteiger partial charge >= 0.3 is 0 Å². The summed E-state index contributed by atoms with van der Waals surface area (Å²) in [6.45, 7) is 10.6. The lowest BCUT2D eigenvalue weighted by Crippen LogP contribution is -2.51. The van der Waals surface area contributed by atoms with Crippen molar-refractivity contribution in [2.45, 2.75) is 97.4 Å². The summed E-state index contributed by atoms with van der Waals surface area (Å²) in [4.78, 5) is 0. The molecule has 162 valence electrons. The lowest BCUT2D eigenvalue weighted by atomic mass is 10.1. The Kier molecular flexibility index (Phi) is 13.1. The molecule has 0 fully saturated rings. The van der Waals surface area contributed by atoms with Gasteiger partial charge in [0.1, 0.15) is 0 Å². The minimum absolute atomic E-state index is 0.690. The Morgan fingerprint density at radius 1 is 0.786 bits per heavy atom. The van der Waals surface area contributed by atoms with Gasteiger partial charge in [-0.15, -0.1) is 0 Å². The number of rotatable bonds is 17.